The lowest BCUT2D eigenvalue weighted by molar-refractivity contribution is -0.126. The van der Waals surface area contributed by atoms with Crippen molar-refractivity contribution in [1.82, 2.24) is 10.2 Å². The molecule has 0 aliphatic carbocycles. The number of amides is 1. The number of rotatable bonds is 5. The summed E-state index contributed by atoms with van der Waals surface area (Å²) in [5, 5.41) is 3.11. The SMILES string of the molecule is Cc1ccc(CN2CCC(C(=O)NCc3cccc(C)c3)CC2)cc1. The molecule has 2 aromatic carbocycles. The average molecular weight is 336 g/mol. The van der Waals surface area contributed by atoms with Crippen molar-refractivity contribution >= 4 is 5.91 Å². The Bertz CT molecular complexity index is 700. The van der Waals surface area contributed by atoms with Crippen molar-refractivity contribution < 1.29 is 4.79 Å². The standard InChI is InChI=1S/C22H28N2O/c1-17-6-8-19(9-7-17)16-24-12-10-21(11-13-24)22(25)23-15-20-5-3-4-18(2)14-20/h3-9,14,21H,10-13,15-16H2,1-2H3,(H,23,25). The zero-order chi connectivity index (χ0) is 17.6. The minimum atomic E-state index is 0.152. The largest absolute Gasteiger partial charge is 0.352 e. The van der Waals surface area contributed by atoms with E-state index >= 15 is 0 Å². The summed E-state index contributed by atoms with van der Waals surface area (Å²) in [6.07, 6.45) is 1.90. The molecule has 3 nitrogen and oxygen atoms in total. The van der Waals surface area contributed by atoms with Crippen molar-refractivity contribution in [2.75, 3.05) is 13.1 Å². The predicted octanol–water partition coefficient (Wildman–Crippen LogP) is 3.83. The van der Waals surface area contributed by atoms with Crippen molar-refractivity contribution in [2.24, 2.45) is 5.92 Å². The normalized spacial score (nSPS) is 15.9. The molecule has 1 aliphatic rings. The van der Waals surface area contributed by atoms with E-state index in [2.05, 4.69) is 66.5 Å². The molecule has 1 heterocycles. The van der Waals surface area contributed by atoms with E-state index < -0.39 is 0 Å². The summed E-state index contributed by atoms with van der Waals surface area (Å²) < 4.78 is 0. The van der Waals surface area contributed by atoms with Crippen molar-refractivity contribution in [3.05, 3.63) is 70.8 Å². The Morgan fingerprint density at radius 3 is 2.40 bits per heavy atom. The highest BCUT2D eigenvalue weighted by Gasteiger charge is 2.24. The van der Waals surface area contributed by atoms with Gasteiger partial charge in [0, 0.05) is 19.0 Å². The molecular weight excluding hydrogens is 308 g/mol. The van der Waals surface area contributed by atoms with Crippen LogP contribution < -0.4 is 5.32 Å². The van der Waals surface area contributed by atoms with E-state index in [1.807, 2.05) is 6.07 Å². The van der Waals surface area contributed by atoms with Crippen molar-refractivity contribution in [1.29, 1.82) is 0 Å². The predicted molar refractivity (Wildman–Crippen MR) is 102 cm³/mol. The van der Waals surface area contributed by atoms with Gasteiger partial charge in [0.15, 0.2) is 0 Å². The van der Waals surface area contributed by atoms with E-state index in [1.54, 1.807) is 0 Å². The van der Waals surface area contributed by atoms with Crippen molar-refractivity contribution in [3.63, 3.8) is 0 Å². The Labute approximate surface area is 151 Å². The van der Waals surface area contributed by atoms with Gasteiger partial charge in [-0.05, 0) is 50.9 Å². The van der Waals surface area contributed by atoms with E-state index in [9.17, 15) is 4.79 Å². The van der Waals surface area contributed by atoms with Crippen LogP contribution in [0.4, 0.5) is 0 Å². The minimum absolute atomic E-state index is 0.152. The molecule has 0 atom stereocenters. The van der Waals surface area contributed by atoms with Crippen LogP contribution in [-0.2, 0) is 17.9 Å². The molecule has 1 fully saturated rings. The molecule has 3 heteroatoms. The van der Waals surface area contributed by atoms with Crippen LogP contribution in [0.1, 0.15) is 35.1 Å². The van der Waals surface area contributed by atoms with Crippen LogP contribution in [0.15, 0.2) is 48.5 Å². The number of nitrogens with zero attached hydrogens (tertiary/aromatic N) is 1. The molecule has 132 valence electrons. The molecule has 1 amide bonds. The molecule has 25 heavy (non-hydrogen) atoms. The summed E-state index contributed by atoms with van der Waals surface area (Å²) in [6, 6.07) is 17.1. The Kier molecular flexibility index (Phi) is 5.87. The lowest BCUT2D eigenvalue weighted by atomic mass is 9.95. The zero-order valence-corrected chi connectivity index (χ0v) is 15.3. The van der Waals surface area contributed by atoms with E-state index in [0.29, 0.717) is 6.54 Å². The third-order valence-electron chi connectivity index (χ3n) is 5.03. The zero-order valence-electron chi connectivity index (χ0n) is 15.3. The number of nitrogens with one attached hydrogen (secondary N) is 1. The number of hydrogen-bond donors (Lipinski definition) is 1. The molecule has 2 aromatic rings. The van der Waals surface area contributed by atoms with Gasteiger partial charge >= 0.3 is 0 Å². The minimum Gasteiger partial charge on any atom is -0.352 e. The Hall–Kier alpha value is -2.13. The van der Waals surface area contributed by atoms with E-state index in [0.717, 1.165) is 32.5 Å². The highest BCUT2D eigenvalue weighted by Crippen LogP contribution is 2.19. The van der Waals surface area contributed by atoms with Gasteiger partial charge in [-0.15, -0.1) is 0 Å². The Balaban J connectivity index is 1.43. The second kappa shape index (κ2) is 8.30. The van der Waals surface area contributed by atoms with Gasteiger partial charge in [-0.1, -0.05) is 59.7 Å². The molecule has 3 rings (SSSR count). The van der Waals surface area contributed by atoms with Gasteiger partial charge in [0.1, 0.15) is 0 Å². The molecule has 0 radical (unpaired) electrons. The highest BCUT2D eigenvalue weighted by molar-refractivity contribution is 5.78. The first-order valence-corrected chi connectivity index (χ1v) is 9.21. The summed E-state index contributed by atoms with van der Waals surface area (Å²) in [5.41, 5.74) is 5.06. The van der Waals surface area contributed by atoms with Crippen LogP contribution in [0.25, 0.3) is 0 Å². The smallest absolute Gasteiger partial charge is 0.223 e. The van der Waals surface area contributed by atoms with Crippen LogP contribution in [0.3, 0.4) is 0 Å². The van der Waals surface area contributed by atoms with Crippen LogP contribution in [-0.4, -0.2) is 23.9 Å². The maximum Gasteiger partial charge on any atom is 0.223 e. The van der Waals surface area contributed by atoms with Gasteiger partial charge in [-0.25, -0.2) is 0 Å². The number of hydrogen-bond acceptors (Lipinski definition) is 2. The number of carbonyl (C=O) groups excluding carboxylic acids is 1. The summed E-state index contributed by atoms with van der Waals surface area (Å²) in [7, 11) is 0. The van der Waals surface area contributed by atoms with E-state index in [1.165, 1.54) is 22.3 Å². The van der Waals surface area contributed by atoms with Gasteiger partial charge in [-0.3, -0.25) is 9.69 Å². The number of piperidine rings is 1. The summed E-state index contributed by atoms with van der Waals surface area (Å²) >= 11 is 0. The number of aryl methyl sites for hydroxylation is 2. The fourth-order valence-corrected chi connectivity index (χ4v) is 3.46. The van der Waals surface area contributed by atoms with Gasteiger partial charge < -0.3 is 5.32 Å². The first-order chi connectivity index (χ1) is 12.1. The molecule has 1 aliphatic heterocycles. The van der Waals surface area contributed by atoms with Crippen LogP contribution in [0.2, 0.25) is 0 Å². The maximum atomic E-state index is 12.4. The first-order valence-electron chi connectivity index (χ1n) is 9.21. The van der Waals surface area contributed by atoms with E-state index in [4.69, 9.17) is 0 Å². The molecule has 1 N–H and O–H groups in total. The van der Waals surface area contributed by atoms with Crippen LogP contribution in [0, 0.1) is 19.8 Å². The first kappa shape index (κ1) is 17.7. The highest BCUT2D eigenvalue weighted by atomic mass is 16.1. The molecular formula is C22H28N2O. The molecule has 0 unspecified atom stereocenters. The van der Waals surface area contributed by atoms with Crippen molar-refractivity contribution in [3.8, 4) is 0 Å². The van der Waals surface area contributed by atoms with Crippen LogP contribution in [0.5, 0.6) is 0 Å². The summed E-state index contributed by atoms with van der Waals surface area (Å²) in [5.74, 6) is 0.357. The molecule has 0 aromatic heterocycles. The monoisotopic (exact) mass is 336 g/mol. The second-order valence-corrected chi connectivity index (χ2v) is 7.24. The number of benzene rings is 2. The lowest BCUT2D eigenvalue weighted by Crippen LogP contribution is -2.40. The quantitative estimate of drug-likeness (QED) is 0.900. The summed E-state index contributed by atoms with van der Waals surface area (Å²) in [6.45, 7) is 7.80. The molecule has 0 spiro atoms. The number of likely N-dealkylation sites (tertiary alicyclic amines) is 1. The maximum absolute atomic E-state index is 12.4. The van der Waals surface area contributed by atoms with Crippen molar-refractivity contribution in [2.45, 2.75) is 39.8 Å². The van der Waals surface area contributed by atoms with Gasteiger partial charge in [0.2, 0.25) is 5.91 Å². The van der Waals surface area contributed by atoms with Gasteiger partial charge in [-0.2, -0.15) is 0 Å². The fourth-order valence-electron chi connectivity index (χ4n) is 3.46. The van der Waals surface area contributed by atoms with Crippen LogP contribution >= 0.6 is 0 Å². The lowest BCUT2D eigenvalue weighted by Gasteiger charge is -2.31. The Morgan fingerprint density at radius 1 is 1.00 bits per heavy atom. The summed E-state index contributed by atoms with van der Waals surface area (Å²) in [4.78, 5) is 14.9. The third-order valence-corrected chi connectivity index (χ3v) is 5.03. The van der Waals surface area contributed by atoms with E-state index in [-0.39, 0.29) is 11.8 Å². The van der Waals surface area contributed by atoms with Gasteiger partial charge in [0.05, 0.1) is 0 Å². The average Bonchev–Trinajstić information content (AvgIpc) is 2.62. The Morgan fingerprint density at radius 2 is 1.72 bits per heavy atom. The third kappa shape index (κ3) is 5.17. The number of carbonyl (C=O) groups is 1. The molecule has 1 saturated heterocycles. The molecule has 0 saturated carbocycles. The fraction of sp³-hybridized carbons (Fsp3) is 0.409. The topological polar surface area (TPSA) is 32.3 Å². The van der Waals surface area contributed by atoms with Gasteiger partial charge in [0.25, 0.3) is 0 Å². The molecule has 0 bridgehead atoms. The second-order valence-electron chi connectivity index (χ2n) is 7.24.